The molecule has 0 radical (unpaired) electrons. The molecule has 1 N–H and O–H groups in total. The number of aromatic nitrogens is 2. The Morgan fingerprint density at radius 1 is 1.50 bits per heavy atom. The summed E-state index contributed by atoms with van der Waals surface area (Å²) in [6, 6.07) is 0.677. The van der Waals surface area contributed by atoms with Crippen molar-refractivity contribution >= 4 is 0 Å². The standard InChI is InChI=1S/C11H19N3/c1-8-11(9(2)14(3)13-8)7-10-5-4-6-12-10/h10,12H,4-7H2,1-3H3/t10-/m1/s1. The van der Waals surface area contributed by atoms with Crippen molar-refractivity contribution in [2.45, 2.75) is 39.2 Å². The number of hydrogen-bond donors (Lipinski definition) is 1. The summed E-state index contributed by atoms with van der Waals surface area (Å²) in [5.74, 6) is 0. The van der Waals surface area contributed by atoms with Gasteiger partial charge in [0.2, 0.25) is 0 Å². The number of rotatable bonds is 2. The van der Waals surface area contributed by atoms with E-state index in [0.717, 1.165) is 6.42 Å². The minimum absolute atomic E-state index is 0.677. The molecule has 0 saturated carbocycles. The maximum absolute atomic E-state index is 4.44. The number of aryl methyl sites for hydroxylation is 2. The van der Waals surface area contributed by atoms with Crippen LogP contribution >= 0.6 is 0 Å². The largest absolute Gasteiger partial charge is 0.314 e. The van der Waals surface area contributed by atoms with Crippen molar-refractivity contribution in [3.8, 4) is 0 Å². The molecule has 14 heavy (non-hydrogen) atoms. The second-order valence-electron chi connectivity index (χ2n) is 4.27. The average molecular weight is 193 g/mol. The van der Waals surface area contributed by atoms with Gasteiger partial charge in [-0.15, -0.1) is 0 Å². The Morgan fingerprint density at radius 3 is 2.79 bits per heavy atom. The van der Waals surface area contributed by atoms with Crippen LogP contribution in [0.2, 0.25) is 0 Å². The monoisotopic (exact) mass is 193 g/mol. The Labute approximate surface area is 85.5 Å². The highest BCUT2D eigenvalue weighted by atomic mass is 15.3. The van der Waals surface area contributed by atoms with Gasteiger partial charge in [0, 0.05) is 18.8 Å². The highest BCUT2D eigenvalue weighted by molar-refractivity contribution is 5.25. The lowest BCUT2D eigenvalue weighted by atomic mass is 10.0. The Hall–Kier alpha value is -0.830. The van der Waals surface area contributed by atoms with Crippen molar-refractivity contribution in [2.75, 3.05) is 6.54 Å². The molecule has 1 aliphatic rings. The van der Waals surface area contributed by atoms with E-state index in [0.29, 0.717) is 6.04 Å². The lowest BCUT2D eigenvalue weighted by Gasteiger charge is -2.09. The second-order valence-corrected chi connectivity index (χ2v) is 4.27. The van der Waals surface area contributed by atoms with Crippen LogP contribution in [0.15, 0.2) is 0 Å². The van der Waals surface area contributed by atoms with Gasteiger partial charge in [0.25, 0.3) is 0 Å². The topological polar surface area (TPSA) is 29.9 Å². The molecule has 1 aliphatic heterocycles. The Kier molecular flexibility index (Phi) is 2.59. The molecule has 0 aromatic carbocycles. The highest BCUT2D eigenvalue weighted by Crippen LogP contribution is 2.17. The lowest BCUT2D eigenvalue weighted by molar-refractivity contribution is 0.599. The molecular weight excluding hydrogens is 174 g/mol. The van der Waals surface area contributed by atoms with Gasteiger partial charge in [0.15, 0.2) is 0 Å². The molecule has 1 fully saturated rings. The Morgan fingerprint density at radius 2 is 2.29 bits per heavy atom. The van der Waals surface area contributed by atoms with E-state index in [1.165, 1.54) is 36.3 Å². The quantitative estimate of drug-likeness (QED) is 0.768. The lowest BCUT2D eigenvalue weighted by Crippen LogP contribution is -2.24. The fourth-order valence-corrected chi connectivity index (χ4v) is 2.29. The molecule has 78 valence electrons. The SMILES string of the molecule is Cc1nn(C)c(C)c1C[C@H]1CCCN1. The molecule has 1 aromatic rings. The second kappa shape index (κ2) is 3.73. The summed E-state index contributed by atoms with van der Waals surface area (Å²) in [7, 11) is 2.02. The maximum Gasteiger partial charge on any atom is 0.0628 e. The summed E-state index contributed by atoms with van der Waals surface area (Å²) < 4.78 is 1.99. The number of hydrogen-bond acceptors (Lipinski definition) is 2. The van der Waals surface area contributed by atoms with Gasteiger partial charge in [0.1, 0.15) is 0 Å². The van der Waals surface area contributed by atoms with Crippen LogP contribution in [0, 0.1) is 13.8 Å². The zero-order chi connectivity index (χ0) is 10.1. The van der Waals surface area contributed by atoms with Crippen LogP contribution in [0.4, 0.5) is 0 Å². The first-order valence-corrected chi connectivity index (χ1v) is 5.41. The molecule has 3 nitrogen and oxygen atoms in total. The summed E-state index contributed by atoms with van der Waals surface area (Å²) >= 11 is 0. The third-order valence-corrected chi connectivity index (χ3v) is 3.27. The van der Waals surface area contributed by atoms with Gasteiger partial charge in [0.05, 0.1) is 5.69 Å². The first-order valence-electron chi connectivity index (χ1n) is 5.41. The highest BCUT2D eigenvalue weighted by Gasteiger charge is 2.18. The predicted octanol–water partition coefficient (Wildman–Crippen LogP) is 1.33. The van der Waals surface area contributed by atoms with Gasteiger partial charge in [-0.05, 0) is 45.2 Å². The average Bonchev–Trinajstić information content (AvgIpc) is 2.71. The predicted molar refractivity (Wildman–Crippen MR) is 57.4 cm³/mol. The van der Waals surface area contributed by atoms with E-state index in [2.05, 4.69) is 24.3 Å². The summed E-state index contributed by atoms with van der Waals surface area (Å²) in [5.41, 5.74) is 3.95. The van der Waals surface area contributed by atoms with Gasteiger partial charge < -0.3 is 5.32 Å². The molecule has 0 amide bonds. The molecule has 0 bridgehead atoms. The normalized spacial score (nSPS) is 21.8. The van der Waals surface area contributed by atoms with Gasteiger partial charge in [-0.2, -0.15) is 5.10 Å². The molecule has 3 heteroatoms. The van der Waals surface area contributed by atoms with Gasteiger partial charge >= 0.3 is 0 Å². The van der Waals surface area contributed by atoms with Crippen LogP contribution in [0.5, 0.6) is 0 Å². The number of nitrogens with zero attached hydrogens (tertiary/aromatic N) is 2. The molecule has 1 atom stereocenters. The van der Waals surface area contributed by atoms with Crippen LogP contribution in [-0.2, 0) is 13.5 Å². The van der Waals surface area contributed by atoms with Gasteiger partial charge in [-0.3, -0.25) is 4.68 Å². The van der Waals surface area contributed by atoms with Crippen LogP contribution in [0.25, 0.3) is 0 Å². The van der Waals surface area contributed by atoms with E-state index < -0.39 is 0 Å². The van der Waals surface area contributed by atoms with Crippen LogP contribution in [0.1, 0.15) is 29.8 Å². The summed E-state index contributed by atoms with van der Waals surface area (Å²) in [4.78, 5) is 0. The fraction of sp³-hybridized carbons (Fsp3) is 0.727. The van der Waals surface area contributed by atoms with E-state index in [4.69, 9.17) is 0 Å². The molecule has 2 rings (SSSR count). The fourth-order valence-electron chi connectivity index (χ4n) is 2.29. The zero-order valence-corrected chi connectivity index (χ0v) is 9.30. The summed E-state index contributed by atoms with van der Waals surface area (Å²) in [6.07, 6.45) is 3.78. The van der Waals surface area contributed by atoms with E-state index in [9.17, 15) is 0 Å². The van der Waals surface area contributed by atoms with Crippen LogP contribution in [-0.4, -0.2) is 22.4 Å². The third-order valence-electron chi connectivity index (χ3n) is 3.27. The van der Waals surface area contributed by atoms with Crippen molar-refractivity contribution in [3.05, 3.63) is 17.0 Å². The summed E-state index contributed by atoms with van der Waals surface area (Å²) in [6.45, 7) is 5.45. The van der Waals surface area contributed by atoms with E-state index >= 15 is 0 Å². The van der Waals surface area contributed by atoms with Crippen LogP contribution < -0.4 is 5.32 Å². The van der Waals surface area contributed by atoms with E-state index in [-0.39, 0.29) is 0 Å². The maximum atomic E-state index is 4.44. The molecule has 0 unspecified atom stereocenters. The molecule has 1 saturated heterocycles. The molecule has 0 spiro atoms. The minimum atomic E-state index is 0.677. The zero-order valence-electron chi connectivity index (χ0n) is 9.30. The van der Waals surface area contributed by atoms with Crippen molar-refractivity contribution < 1.29 is 0 Å². The Bertz CT molecular complexity index is 322. The summed E-state index contributed by atoms with van der Waals surface area (Å²) in [5, 5.41) is 7.97. The van der Waals surface area contributed by atoms with E-state index in [1.54, 1.807) is 0 Å². The smallest absolute Gasteiger partial charge is 0.0628 e. The minimum Gasteiger partial charge on any atom is -0.314 e. The van der Waals surface area contributed by atoms with Crippen molar-refractivity contribution in [1.29, 1.82) is 0 Å². The van der Waals surface area contributed by atoms with Crippen molar-refractivity contribution in [2.24, 2.45) is 7.05 Å². The first kappa shape index (κ1) is 9.71. The van der Waals surface area contributed by atoms with Gasteiger partial charge in [-0.25, -0.2) is 0 Å². The van der Waals surface area contributed by atoms with E-state index in [1.807, 2.05) is 11.7 Å². The van der Waals surface area contributed by atoms with Crippen molar-refractivity contribution in [1.82, 2.24) is 15.1 Å². The molecule has 0 aliphatic carbocycles. The van der Waals surface area contributed by atoms with Crippen molar-refractivity contribution in [3.63, 3.8) is 0 Å². The first-order chi connectivity index (χ1) is 6.68. The third kappa shape index (κ3) is 1.69. The molecule has 1 aromatic heterocycles. The van der Waals surface area contributed by atoms with Crippen LogP contribution in [0.3, 0.4) is 0 Å². The van der Waals surface area contributed by atoms with Gasteiger partial charge in [-0.1, -0.05) is 0 Å². The molecule has 2 heterocycles. The molecular formula is C11H19N3. The Balaban J connectivity index is 2.14. The number of nitrogens with one attached hydrogen (secondary N) is 1.